The lowest BCUT2D eigenvalue weighted by Gasteiger charge is -2.21. The zero-order valence-corrected chi connectivity index (χ0v) is 17.9. The van der Waals surface area contributed by atoms with Crippen LogP contribution in [0.5, 0.6) is 17.2 Å². The van der Waals surface area contributed by atoms with Crippen molar-refractivity contribution in [1.82, 2.24) is 0 Å². The number of amides is 2. The number of hydrogen-bond donors (Lipinski definition) is 1. The van der Waals surface area contributed by atoms with Gasteiger partial charge in [0.15, 0.2) is 11.5 Å². The van der Waals surface area contributed by atoms with Crippen LogP contribution in [-0.4, -0.2) is 52.4 Å². The van der Waals surface area contributed by atoms with Gasteiger partial charge in [0.2, 0.25) is 5.75 Å². The number of nitrogens with zero attached hydrogens (tertiary/aromatic N) is 1. The fourth-order valence-corrected chi connectivity index (χ4v) is 4.11. The number of anilines is 2. The molecule has 1 atom stereocenters. The zero-order chi connectivity index (χ0) is 22.0. The van der Waals surface area contributed by atoms with Crippen LogP contribution < -0.4 is 24.4 Å². The van der Waals surface area contributed by atoms with E-state index in [1.807, 2.05) is 18.2 Å². The molecule has 8 nitrogen and oxygen atoms in total. The smallest absolute Gasteiger partial charge is 0.259 e. The van der Waals surface area contributed by atoms with Gasteiger partial charge in [-0.1, -0.05) is 6.07 Å². The van der Waals surface area contributed by atoms with E-state index in [0.717, 1.165) is 30.5 Å². The lowest BCUT2D eigenvalue weighted by molar-refractivity contribution is -0.127. The molecular formula is C23H26N2O6. The van der Waals surface area contributed by atoms with E-state index in [4.69, 9.17) is 18.9 Å². The van der Waals surface area contributed by atoms with Gasteiger partial charge >= 0.3 is 0 Å². The maximum absolute atomic E-state index is 13.0. The number of benzene rings is 2. The van der Waals surface area contributed by atoms with E-state index in [0.29, 0.717) is 35.9 Å². The summed E-state index contributed by atoms with van der Waals surface area (Å²) in [7, 11) is 4.48. The van der Waals surface area contributed by atoms with Crippen molar-refractivity contribution in [3.05, 3.63) is 41.5 Å². The van der Waals surface area contributed by atoms with E-state index in [9.17, 15) is 9.59 Å². The number of ether oxygens (including phenoxy) is 4. The van der Waals surface area contributed by atoms with Crippen molar-refractivity contribution in [2.75, 3.05) is 44.7 Å². The second kappa shape index (κ2) is 8.85. The maximum atomic E-state index is 13.0. The summed E-state index contributed by atoms with van der Waals surface area (Å²) in [5.41, 5.74) is 2.80. The summed E-state index contributed by atoms with van der Waals surface area (Å²) in [6.07, 6.45) is 2.06. The van der Waals surface area contributed by atoms with Crippen LogP contribution in [0.2, 0.25) is 0 Å². The Balaban J connectivity index is 1.58. The van der Waals surface area contributed by atoms with Crippen LogP contribution in [0.1, 0.15) is 28.8 Å². The second-order valence-corrected chi connectivity index (χ2v) is 7.42. The highest BCUT2D eigenvalue weighted by atomic mass is 16.5. The Labute approximate surface area is 181 Å². The molecule has 0 radical (unpaired) electrons. The van der Waals surface area contributed by atoms with Gasteiger partial charge in [-0.25, -0.2) is 0 Å². The van der Waals surface area contributed by atoms with Crippen molar-refractivity contribution in [2.24, 2.45) is 0 Å². The Bertz CT molecular complexity index is 1000. The molecule has 2 aliphatic rings. The molecule has 8 heteroatoms. The topological polar surface area (TPSA) is 86.3 Å². The van der Waals surface area contributed by atoms with Gasteiger partial charge in [0, 0.05) is 24.5 Å². The van der Waals surface area contributed by atoms with E-state index in [1.165, 1.54) is 21.3 Å². The minimum absolute atomic E-state index is 0.0127. The van der Waals surface area contributed by atoms with E-state index in [1.54, 1.807) is 17.0 Å². The summed E-state index contributed by atoms with van der Waals surface area (Å²) >= 11 is 0. The molecule has 2 aliphatic heterocycles. The SMILES string of the molecule is COc1ccc(C(=O)Nc2ccc3c(c2)N(C(=O)[C@H]2CCCO2)CC3)c(OC)c1OC. The summed E-state index contributed by atoms with van der Waals surface area (Å²) in [5.74, 6) is 0.737. The van der Waals surface area contributed by atoms with Gasteiger partial charge in [0.1, 0.15) is 6.10 Å². The molecule has 1 fully saturated rings. The molecule has 0 bridgehead atoms. The summed E-state index contributed by atoms with van der Waals surface area (Å²) in [4.78, 5) is 27.6. The Kier molecular flexibility index (Phi) is 5.99. The van der Waals surface area contributed by atoms with Gasteiger partial charge in [0.25, 0.3) is 11.8 Å². The molecule has 2 aromatic carbocycles. The quantitative estimate of drug-likeness (QED) is 0.764. The highest BCUT2D eigenvalue weighted by Crippen LogP contribution is 2.40. The number of fused-ring (bicyclic) bond motifs is 1. The number of nitrogens with one attached hydrogen (secondary N) is 1. The first-order valence-electron chi connectivity index (χ1n) is 10.2. The molecule has 0 spiro atoms. The van der Waals surface area contributed by atoms with Crippen molar-refractivity contribution in [3.8, 4) is 17.2 Å². The molecule has 4 rings (SSSR count). The monoisotopic (exact) mass is 426 g/mol. The van der Waals surface area contributed by atoms with Gasteiger partial charge in [-0.15, -0.1) is 0 Å². The van der Waals surface area contributed by atoms with Gasteiger partial charge in [0.05, 0.1) is 26.9 Å². The lowest BCUT2D eigenvalue weighted by Crippen LogP contribution is -2.37. The molecule has 1 N–H and O–H groups in total. The average molecular weight is 426 g/mol. The normalized spacial score (nSPS) is 17.3. The second-order valence-electron chi connectivity index (χ2n) is 7.42. The predicted molar refractivity (Wildman–Crippen MR) is 116 cm³/mol. The lowest BCUT2D eigenvalue weighted by atomic mass is 10.1. The third kappa shape index (κ3) is 3.90. The van der Waals surface area contributed by atoms with Crippen LogP contribution in [0.15, 0.2) is 30.3 Å². The number of carbonyl (C=O) groups is 2. The summed E-state index contributed by atoms with van der Waals surface area (Å²) in [6, 6.07) is 8.89. The molecule has 2 heterocycles. The van der Waals surface area contributed by atoms with Crippen LogP contribution in [0.4, 0.5) is 11.4 Å². The minimum atomic E-state index is -0.375. The van der Waals surface area contributed by atoms with Crippen LogP contribution in [0, 0.1) is 0 Å². The van der Waals surface area contributed by atoms with Crippen LogP contribution in [0.3, 0.4) is 0 Å². The molecular weight excluding hydrogens is 400 g/mol. The number of methoxy groups -OCH3 is 3. The molecule has 2 aromatic rings. The van der Waals surface area contributed by atoms with Gasteiger partial charge < -0.3 is 29.2 Å². The fourth-order valence-electron chi connectivity index (χ4n) is 4.11. The predicted octanol–water partition coefficient (Wildman–Crippen LogP) is 3.03. The van der Waals surface area contributed by atoms with E-state index in [2.05, 4.69) is 5.32 Å². The van der Waals surface area contributed by atoms with Gasteiger partial charge in [-0.2, -0.15) is 0 Å². The fraction of sp³-hybridized carbons (Fsp3) is 0.391. The van der Waals surface area contributed by atoms with Crippen molar-refractivity contribution >= 4 is 23.2 Å². The number of hydrogen-bond acceptors (Lipinski definition) is 6. The van der Waals surface area contributed by atoms with Gasteiger partial charge in [-0.05, 0) is 49.1 Å². The average Bonchev–Trinajstić information content (AvgIpc) is 3.47. The minimum Gasteiger partial charge on any atom is -0.493 e. The number of carbonyl (C=O) groups excluding carboxylic acids is 2. The molecule has 164 valence electrons. The molecule has 31 heavy (non-hydrogen) atoms. The molecule has 2 amide bonds. The summed E-state index contributed by atoms with van der Waals surface area (Å²) < 4.78 is 21.6. The van der Waals surface area contributed by atoms with Crippen LogP contribution in [-0.2, 0) is 16.0 Å². The molecule has 0 unspecified atom stereocenters. The van der Waals surface area contributed by atoms with E-state index >= 15 is 0 Å². The van der Waals surface area contributed by atoms with Crippen molar-refractivity contribution < 1.29 is 28.5 Å². The Hall–Kier alpha value is -3.26. The number of rotatable bonds is 6. The third-order valence-corrected chi connectivity index (χ3v) is 5.66. The van der Waals surface area contributed by atoms with E-state index < -0.39 is 0 Å². The summed E-state index contributed by atoms with van der Waals surface area (Å²) in [5, 5.41) is 2.90. The first-order valence-corrected chi connectivity index (χ1v) is 10.2. The first kappa shape index (κ1) is 21.0. The largest absolute Gasteiger partial charge is 0.493 e. The maximum Gasteiger partial charge on any atom is 0.259 e. The molecule has 0 aliphatic carbocycles. The summed E-state index contributed by atoms with van der Waals surface area (Å²) in [6.45, 7) is 1.25. The van der Waals surface area contributed by atoms with Crippen molar-refractivity contribution in [2.45, 2.75) is 25.4 Å². The molecule has 0 saturated carbocycles. The third-order valence-electron chi connectivity index (χ3n) is 5.66. The van der Waals surface area contributed by atoms with Crippen molar-refractivity contribution in [1.29, 1.82) is 0 Å². The Morgan fingerprint density at radius 1 is 1.06 bits per heavy atom. The van der Waals surface area contributed by atoms with Crippen LogP contribution >= 0.6 is 0 Å². The van der Waals surface area contributed by atoms with Gasteiger partial charge in [-0.3, -0.25) is 9.59 Å². The Morgan fingerprint density at radius 3 is 2.55 bits per heavy atom. The van der Waals surface area contributed by atoms with Crippen molar-refractivity contribution in [3.63, 3.8) is 0 Å². The highest BCUT2D eigenvalue weighted by Gasteiger charge is 2.33. The van der Waals surface area contributed by atoms with Crippen LogP contribution in [0.25, 0.3) is 0 Å². The zero-order valence-electron chi connectivity index (χ0n) is 17.9. The standard InChI is InChI=1S/C23H26N2O6/c1-28-18-9-8-16(20(29-2)21(18)30-3)22(26)24-15-7-6-14-10-11-25(17(14)13-15)23(27)19-5-4-12-31-19/h6-9,13,19H,4-5,10-12H2,1-3H3,(H,24,26)/t19-/m1/s1. The first-order chi connectivity index (χ1) is 15.1. The van der Waals surface area contributed by atoms with E-state index in [-0.39, 0.29) is 23.7 Å². The Morgan fingerprint density at radius 2 is 1.87 bits per heavy atom. The molecule has 1 saturated heterocycles. The highest BCUT2D eigenvalue weighted by molar-refractivity contribution is 6.07. The molecule has 0 aromatic heterocycles.